The molecule has 101 heavy (non-hydrogen) atoms. The second kappa shape index (κ2) is 36.4. The van der Waals surface area contributed by atoms with Gasteiger partial charge in [-0.25, -0.2) is 8.42 Å². The Morgan fingerprint density at radius 1 is 0.644 bits per heavy atom. The lowest BCUT2D eigenvalue weighted by Gasteiger charge is -2.41. The van der Waals surface area contributed by atoms with Crippen LogP contribution >= 0.6 is 11.6 Å². The monoisotopic (exact) mass is 1460 g/mol. The highest BCUT2D eigenvalue weighted by atomic mass is 35.5. The van der Waals surface area contributed by atoms with Crippen LogP contribution in [0.2, 0.25) is 5.02 Å². The number of hydrogen-bond acceptors (Lipinski definition) is 14. The Hall–Kier alpha value is -7.11. The number of hydrogen-bond donors (Lipinski definition) is 3. The number of amides is 12. The largest absolute Gasteiger partial charge is 0.417 e. The fourth-order valence-corrected chi connectivity index (χ4v) is 15.5. The molecule has 0 radical (unpaired) electrons. The Balaban J connectivity index is 1.44. The molecule has 1 aromatic rings. The quantitative estimate of drug-likeness (QED) is 0.249. The standard InChI is InChI=1S/C70H108ClF3N12O14S/c1-13-45(4)60-67(97)80(7)42-58(89)78(5)43-59(90)82(9)54(39-46-23-16-14-17-24-46)64(94)79(6)41-56(87)75-50(29-27-47-26-28-48(49(71)38-47)70(72,73)74)63(93)86-35-22-25-51(86)62(92)77-69(31-18-19-32-69)68(98)84(11)52(30-36-101(12,99)100)65(95)83(10)55(66(96)85-33-20-15-21-34-85)40-57(88)81(8)53(37-44(2)3)61(91)76-60/h26,28,38,44-46,50-55,60H,13-25,27,29-37,39-43H2,1-12H3,(H,75,87)(H,76,91)(H,77,92)/t45-,50-,51?,52-,53-,54-,55-,60-/m0/s1. The number of rotatable bonds is 13. The van der Waals surface area contributed by atoms with E-state index >= 15 is 19.2 Å². The molecular formula is C70H108ClF3N12O14S. The van der Waals surface area contributed by atoms with Gasteiger partial charge in [0.25, 0.3) is 0 Å². The number of fused-ring (bicyclic) bond motifs is 1. The van der Waals surface area contributed by atoms with Crippen molar-refractivity contribution < 1.29 is 79.1 Å². The Morgan fingerprint density at radius 2 is 1.25 bits per heavy atom. The van der Waals surface area contributed by atoms with E-state index in [2.05, 4.69) is 16.0 Å². The van der Waals surface area contributed by atoms with Gasteiger partial charge in [0.1, 0.15) is 57.7 Å². The van der Waals surface area contributed by atoms with Crippen LogP contribution in [-0.4, -0.2) is 272 Å². The summed E-state index contributed by atoms with van der Waals surface area (Å²) >= 11 is 6.13. The van der Waals surface area contributed by atoms with Crippen LogP contribution in [-0.2, 0) is 80.0 Å². The van der Waals surface area contributed by atoms with E-state index in [1.54, 1.807) is 13.8 Å². The average molecular weight is 1470 g/mol. The number of carbonyl (C=O) groups excluding carboxylic acids is 12. The smallest absolute Gasteiger partial charge is 0.343 e. The van der Waals surface area contributed by atoms with E-state index in [-0.39, 0.29) is 88.4 Å². The van der Waals surface area contributed by atoms with Crippen molar-refractivity contribution >= 4 is 92.3 Å². The molecule has 0 bridgehead atoms. The van der Waals surface area contributed by atoms with Gasteiger partial charge in [-0.15, -0.1) is 0 Å². The first-order valence-corrected chi connectivity index (χ1v) is 38.1. The number of carbonyl (C=O) groups is 12. The first kappa shape index (κ1) is 82.8. The summed E-state index contributed by atoms with van der Waals surface area (Å²) in [6.07, 6.45) is 2.76. The van der Waals surface area contributed by atoms with Crippen LogP contribution in [0.25, 0.3) is 0 Å². The zero-order valence-corrected chi connectivity index (χ0v) is 62.5. The molecule has 5 aliphatic rings. The summed E-state index contributed by atoms with van der Waals surface area (Å²) in [5.74, 6) is -10.2. The van der Waals surface area contributed by atoms with Gasteiger partial charge < -0.3 is 60.0 Å². The van der Waals surface area contributed by atoms with Gasteiger partial charge in [0.05, 0.1) is 42.4 Å². The van der Waals surface area contributed by atoms with Crippen LogP contribution in [0, 0.1) is 17.8 Å². The van der Waals surface area contributed by atoms with E-state index in [0.29, 0.717) is 32.1 Å². The second-order valence-electron chi connectivity index (χ2n) is 29.3. The van der Waals surface area contributed by atoms with Gasteiger partial charge in [-0.05, 0) is 112 Å². The summed E-state index contributed by atoms with van der Waals surface area (Å²) in [5, 5.41) is 7.91. The lowest BCUT2D eigenvalue weighted by atomic mass is 9.84. The number of likely N-dealkylation sites (N-methyl/N-ethyl adjacent to an activating group) is 7. The zero-order chi connectivity index (χ0) is 75.2. The lowest BCUT2D eigenvalue weighted by Crippen LogP contribution is -2.64. The van der Waals surface area contributed by atoms with Crippen molar-refractivity contribution in [3.05, 3.63) is 34.3 Å². The van der Waals surface area contributed by atoms with Crippen LogP contribution in [0.4, 0.5) is 13.2 Å². The number of nitrogens with zero attached hydrogens (tertiary/aromatic N) is 9. The maximum absolute atomic E-state index is 15.5. The fourth-order valence-electron chi connectivity index (χ4n) is 14.6. The first-order chi connectivity index (χ1) is 47.3. The van der Waals surface area contributed by atoms with Crippen LogP contribution in [0.1, 0.15) is 167 Å². The third-order valence-electron chi connectivity index (χ3n) is 21.1. The van der Waals surface area contributed by atoms with Crippen LogP contribution < -0.4 is 16.0 Å². The van der Waals surface area contributed by atoms with E-state index < -0.39 is 189 Å². The Labute approximate surface area is 598 Å². The van der Waals surface area contributed by atoms with Gasteiger partial charge in [-0.2, -0.15) is 13.2 Å². The minimum absolute atomic E-state index is 0.00294. The molecule has 5 fully saturated rings. The van der Waals surface area contributed by atoms with Crippen molar-refractivity contribution in [1.82, 2.24) is 60.0 Å². The van der Waals surface area contributed by atoms with Crippen LogP contribution in [0.15, 0.2) is 18.2 Å². The molecule has 1 spiro atoms. The number of piperidine rings is 1. The molecular weight excluding hydrogens is 1360 g/mol. The van der Waals surface area contributed by atoms with Crippen molar-refractivity contribution in [2.45, 2.75) is 217 Å². The number of likely N-dealkylation sites (tertiary alicyclic amines) is 1. The van der Waals surface area contributed by atoms with Gasteiger partial charge >= 0.3 is 6.18 Å². The van der Waals surface area contributed by atoms with Crippen molar-refractivity contribution in [3.8, 4) is 0 Å². The third kappa shape index (κ3) is 22.0. The fraction of sp³-hybridized carbons (Fsp3) is 0.743. The number of aryl methyl sites for hydroxylation is 1. The number of sulfone groups is 1. The molecule has 8 atom stereocenters. The summed E-state index contributed by atoms with van der Waals surface area (Å²) in [6, 6.07) is -6.53. The minimum Gasteiger partial charge on any atom is -0.343 e. The Morgan fingerprint density at radius 3 is 1.84 bits per heavy atom. The third-order valence-corrected chi connectivity index (χ3v) is 22.4. The molecule has 12 amide bonds. The average Bonchev–Trinajstić information content (AvgIpc) is 1.74. The molecule has 1 unspecified atom stereocenters. The van der Waals surface area contributed by atoms with E-state index in [1.165, 1.54) is 70.1 Å². The second-order valence-corrected chi connectivity index (χ2v) is 31.9. The highest BCUT2D eigenvalue weighted by molar-refractivity contribution is 7.90. The highest BCUT2D eigenvalue weighted by Gasteiger charge is 2.50. The summed E-state index contributed by atoms with van der Waals surface area (Å²) in [7, 11) is 5.55. The molecule has 3 saturated heterocycles. The molecule has 2 saturated carbocycles. The van der Waals surface area contributed by atoms with Gasteiger partial charge in [0.15, 0.2) is 0 Å². The summed E-state index contributed by atoms with van der Waals surface area (Å²) < 4.78 is 67.6. The minimum atomic E-state index is -4.78. The van der Waals surface area contributed by atoms with Gasteiger partial charge in [-0.3, -0.25) is 57.5 Å². The van der Waals surface area contributed by atoms with Crippen molar-refractivity contribution in [3.63, 3.8) is 0 Å². The summed E-state index contributed by atoms with van der Waals surface area (Å²) in [4.78, 5) is 189. The Bertz CT molecular complexity index is 3290. The van der Waals surface area contributed by atoms with Gasteiger partial charge in [0, 0.05) is 75.2 Å². The molecule has 2 aliphatic carbocycles. The zero-order valence-electron chi connectivity index (χ0n) is 61.0. The summed E-state index contributed by atoms with van der Waals surface area (Å²) in [5.41, 5.74) is -2.57. The predicted molar refractivity (Wildman–Crippen MR) is 371 cm³/mol. The molecule has 566 valence electrons. The van der Waals surface area contributed by atoms with Crippen LogP contribution in [0.5, 0.6) is 0 Å². The molecule has 1 aromatic carbocycles. The van der Waals surface area contributed by atoms with E-state index in [1.807, 2.05) is 13.8 Å². The number of nitrogens with one attached hydrogen (secondary N) is 3. The Kier molecular flexibility index (Phi) is 29.8. The maximum atomic E-state index is 15.5. The van der Waals surface area contributed by atoms with Gasteiger partial charge in [0.2, 0.25) is 70.9 Å². The van der Waals surface area contributed by atoms with Crippen molar-refractivity contribution in [1.29, 1.82) is 0 Å². The predicted octanol–water partition coefficient (Wildman–Crippen LogP) is 4.28. The molecule has 6 rings (SSSR count). The normalized spacial score (nSPS) is 25.9. The number of halogens is 4. The lowest BCUT2D eigenvalue weighted by molar-refractivity contribution is -0.155. The van der Waals surface area contributed by atoms with Crippen LogP contribution in [0.3, 0.4) is 0 Å². The highest BCUT2D eigenvalue weighted by Crippen LogP contribution is 2.37. The molecule has 0 aromatic heterocycles. The molecule has 31 heteroatoms. The number of benzene rings is 1. The topological polar surface area (TPSA) is 304 Å². The first-order valence-electron chi connectivity index (χ1n) is 35.6. The summed E-state index contributed by atoms with van der Waals surface area (Å²) in [6.45, 7) is 5.95. The maximum Gasteiger partial charge on any atom is 0.417 e. The van der Waals surface area contributed by atoms with Crippen molar-refractivity contribution in [2.24, 2.45) is 17.8 Å². The van der Waals surface area contributed by atoms with E-state index in [9.17, 15) is 59.9 Å². The molecule has 3 heterocycles. The van der Waals surface area contributed by atoms with E-state index in [0.717, 1.165) is 86.3 Å². The van der Waals surface area contributed by atoms with E-state index in [4.69, 9.17) is 11.6 Å². The number of alkyl halides is 3. The van der Waals surface area contributed by atoms with Gasteiger partial charge in [-0.1, -0.05) is 96.7 Å². The molecule has 3 aliphatic heterocycles. The molecule has 26 nitrogen and oxygen atoms in total. The SMILES string of the molecule is CC[C@H](C)[C@@H]1NC(=O)[C@H](CC(C)C)N(C)C(=O)C[C@@H](C(=O)N2CCCCC2)N(C)C(=O)[C@H](CCS(C)(=O)=O)N(C)C(=O)C2(CCCC2)NC(=O)C2CCCN2C(=O)[C@H](CCc2ccc(C(F)(F)F)c(Cl)c2)NC(=O)CN(C)C(=O)[C@H](CC2CCCCC2)N(C)C(=O)CN(C)C(=O)CN(C)C1=O. The van der Waals surface area contributed by atoms with Crippen molar-refractivity contribution in [2.75, 3.05) is 101 Å². The molecule has 3 N–H and O–H groups in total.